The van der Waals surface area contributed by atoms with Crippen molar-refractivity contribution in [2.45, 2.75) is 13.3 Å². The van der Waals surface area contributed by atoms with E-state index in [0.29, 0.717) is 22.4 Å². The van der Waals surface area contributed by atoms with E-state index in [1.165, 1.54) is 0 Å². The number of ketones is 1. The second kappa shape index (κ2) is 9.46. The molecule has 29 heavy (non-hydrogen) atoms. The maximum Gasteiger partial charge on any atom is 0.251 e. The van der Waals surface area contributed by atoms with Gasteiger partial charge < -0.3 is 10.6 Å². The lowest BCUT2D eigenvalue weighted by Crippen LogP contribution is -2.28. The van der Waals surface area contributed by atoms with Gasteiger partial charge in [-0.05, 0) is 30.7 Å². The van der Waals surface area contributed by atoms with Crippen LogP contribution in [0.3, 0.4) is 0 Å². The quantitative estimate of drug-likeness (QED) is 0.603. The van der Waals surface area contributed by atoms with Crippen LogP contribution in [0.15, 0.2) is 78.9 Å². The van der Waals surface area contributed by atoms with Crippen LogP contribution >= 0.6 is 0 Å². The van der Waals surface area contributed by atoms with Crippen molar-refractivity contribution in [1.82, 2.24) is 5.32 Å². The number of carbonyl (C=O) groups excluding carboxylic acids is 3. The monoisotopic (exact) mass is 386 g/mol. The normalized spacial score (nSPS) is 10.2. The second-order valence-corrected chi connectivity index (χ2v) is 6.64. The zero-order valence-corrected chi connectivity index (χ0v) is 16.1. The Morgan fingerprint density at radius 2 is 1.48 bits per heavy atom. The third-order valence-electron chi connectivity index (χ3n) is 4.47. The first-order valence-corrected chi connectivity index (χ1v) is 9.38. The first kappa shape index (κ1) is 20.0. The molecular weight excluding hydrogens is 364 g/mol. The Hall–Kier alpha value is -3.73. The van der Waals surface area contributed by atoms with Crippen LogP contribution < -0.4 is 10.6 Å². The fourth-order valence-corrected chi connectivity index (χ4v) is 2.93. The Labute approximate surface area is 169 Å². The summed E-state index contributed by atoms with van der Waals surface area (Å²) in [5.74, 6) is -0.544. The zero-order chi connectivity index (χ0) is 20.6. The molecule has 0 fully saturated rings. The van der Waals surface area contributed by atoms with Crippen LogP contribution in [0.1, 0.15) is 38.3 Å². The Morgan fingerprint density at radius 1 is 0.793 bits per heavy atom. The molecule has 0 radical (unpaired) electrons. The van der Waals surface area contributed by atoms with Crippen LogP contribution in [-0.4, -0.2) is 24.1 Å². The Morgan fingerprint density at radius 3 is 2.24 bits per heavy atom. The van der Waals surface area contributed by atoms with Crippen molar-refractivity contribution >= 4 is 23.3 Å². The highest BCUT2D eigenvalue weighted by atomic mass is 16.2. The van der Waals surface area contributed by atoms with E-state index in [1.807, 2.05) is 37.3 Å². The predicted octanol–water partition coefficient (Wildman–Crippen LogP) is 3.98. The van der Waals surface area contributed by atoms with Crippen LogP contribution in [-0.2, 0) is 4.79 Å². The van der Waals surface area contributed by atoms with Gasteiger partial charge in [-0.15, -0.1) is 0 Å². The summed E-state index contributed by atoms with van der Waals surface area (Å²) in [6.07, 6.45) is 0.133. The Kier molecular flexibility index (Phi) is 6.53. The van der Waals surface area contributed by atoms with Crippen molar-refractivity contribution < 1.29 is 14.4 Å². The van der Waals surface area contributed by atoms with E-state index < -0.39 is 0 Å². The van der Waals surface area contributed by atoms with Crippen LogP contribution in [0.25, 0.3) is 0 Å². The highest BCUT2D eigenvalue weighted by Gasteiger charge is 2.11. The largest absolute Gasteiger partial charge is 0.352 e. The summed E-state index contributed by atoms with van der Waals surface area (Å²) in [5, 5.41) is 5.52. The smallest absolute Gasteiger partial charge is 0.251 e. The van der Waals surface area contributed by atoms with Gasteiger partial charge in [0, 0.05) is 35.3 Å². The van der Waals surface area contributed by atoms with Crippen molar-refractivity contribution in [3.63, 3.8) is 0 Å². The molecule has 3 rings (SSSR count). The molecule has 5 heteroatoms. The zero-order valence-electron chi connectivity index (χ0n) is 16.1. The number of aryl methyl sites for hydroxylation is 1. The lowest BCUT2D eigenvalue weighted by Gasteiger charge is -2.09. The van der Waals surface area contributed by atoms with Crippen molar-refractivity contribution in [3.8, 4) is 0 Å². The van der Waals surface area contributed by atoms with Crippen molar-refractivity contribution in [2.24, 2.45) is 0 Å². The molecule has 0 unspecified atom stereocenters. The average molecular weight is 386 g/mol. The number of benzene rings is 3. The molecule has 3 aromatic carbocycles. The number of hydrogen-bond donors (Lipinski definition) is 2. The second-order valence-electron chi connectivity index (χ2n) is 6.64. The van der Waals surface area contributed by atoms with Crippen molar-refractivity contribution in [3.05, 3.63) is 101 Å². The maximum absolute atomic E-state index is 12.5. The molecule has 3 aromatic rings. The molecule has 5 nitrogen and oxygen atoms in total. The van der Waals surface area contributed by atoms with Crippen molar-refractivity contribution in [1.29, 1.82) is 0 Å². The summed E-state index contributed by atoms with van der Waals surface area (Å²) < 4.78 is 0. The highest BCUT2D eigenvalue weighted by Crippen LogP contribution is 2.15. The molecule has 0 aliphatic rings. The van der Waals surface area contributed by atoms with Gasteiger partial charge in [0.05, 0.1) is 0 Å². The highest BCUT2D eigenvalue weighted by molar-refractivity contribution is 6.09. The number of hydrogen-bond acceptors (Lipinski definition) is 3. The van der Waals surface area contributed by atoms with Crippen LogP contribution in [0, 0.1) is 6.92 Å². The molecule has 0 bridgehead atoms. The molecular formula is C24H22N2O3. The average Bonchev–Trinajstić information content (AvgIpc) is 2.74. The van der Waals surface area contributed by atoms with Crippen LogP contribution in [0.5, 0.6) is 0 Å². The minimum Gasteiger partial charge on any atom is -0.352 e. The first-order chi connectivity index (χ1) is 14.0. The van der Waals surface area contributed by atoms with Crippen LogP contribution in [0.4, 0.5) is 5.69 Å². The SMILES string of the molecule is Cc1ccccc1C(=O)NCCC(=O)Nc1cccc(C(=O)c2ccccc2)c1. The summed E-state index contributed by atoms with van der Waals surface area (Å²) >= 11 is 0. The number of nitrogens with one attached hydrogen (secondary N) is 2. The van der Waals surface area contributed by atoms with E-state index in [4.69, 9.17) is 0 Å². The minimum absolute atomic E-state index is 0.104. The van der Waals surface area contributed by atoms with E-state index in [0.717, 1.165) is 5.56 Å². The van der Waals surface area contributed by atoms with Gasteiger partial charge in [0.25, 0.3) is 5.91 Å². The number of amides is 2. The van der Waals surface area contributed by atoms with Gasteiger partial charge in [0.15, 0.2) is 5.78 Å². The lowest BCUT2D eigenvalue weighted by molar-refractivity contribution is -0.116. The van der Waals surface area contributed by atoms with Crippen molar-refractivity contribution in [2.75, 3.05) is 11.9 Å². The molecule has 146 valence electrons. The Balaban J connectivity index is 1.54. The van der Waals surface area contributed by atoms with Gasteiger partial charge in [-0.1, -0.05) is 60.7 Å². The number of carbonyl (C=O) groups is 3. The molecule has 0 saturated carbocycles. The maximum atomic E-state index is 12.5. The third kappa shape index (κ3) is 5.39. The van der Waals surface area contributed by atoms with E-state index in [9.17, 15) is 14.4 Å². The van der Waals surface area contributed by atoms with E-state index in [2.05, 4.69) is 10.6 Å². The first-order valence-electron chi connectivity index (χ1n) is 9.38. The molecule has 0 aromatic heterocycles. The minimum atomic E-state index is -0.237. The summed E-state index contributed by atoms with van der Waals surface area (Å²) in [6.45, 7) is 2.09. The fraction of sp³-hybridized carbons (Fsp3) is 0.125. The van der Waals surface area contributed by atoms with Gasteiger partial charge in [-0.3, -0.25) is 14.4 Å². The van der Waals surface area contributed by atoms with Gasteiger partial charge in [0.2, 0.25) is 5.91 Å². The molecule has 0 spiro atoms. The third-order valence-corrected chi connectivity index (χ3v) is 4.47. The number of rotatable bonds is 7. The molecule has 0 aliphatic heterocycles. The molecule has 0 atom stereocenters. The standard InChI is InChI=1S/C24H22N2O3/c1-17-8-5-6-13-21(17)24(29)25-15-14-22(27)26-20-12-7-11-19(16-20)23(28)18-9-3-2-4-10-18/h2-13,16H,14-15H2,1H3,(H,25,29)(H,26,27). The van der Waals surface area contributed by atoms with Crippen LogP contribution in [0.2, 0.25) is 0 Å². The van der Waals surface area contributed by atoms with Gasteiger partial charge in [-0.25, -0.2) is 0 Å². The summed E-state index contributed by atoms with van der Waals surface area (Å²) in [6, 6.07) is 23.1. The molecule has 2 amide bonds. The predicted molar refractivity (Wildman–Crippen MR) is 113 cm³/mol. The van der Waals surface area contributed by atoms with E-state index >= 15 is 0 Å². The Bertz CT molecular complexity index is 1030. The molecule has 0 heterocycles. The van der Waals surface area contributed by atoms with Gasteiger partial charge in [-0.2, -0.15) is 0 Å². The van der Waals surface area contributed by atoms with E-state index in [1.54, 1.807) is 48.5 Å². The summed E-state index contributed by atoms with van der Waals surface area (Å²) in [7, 11) is 0. The van der Waals surface area contributed by atoms with Gasteiger partial charge in [0.1, 0.15) is 0 Å². The fourth-order valence-electron chi connectivity index (χ4n) is 2.93. The van der Waals surface area contributed by atoms with E-state index in [-0.39, 0.29) is 30.6 Å². The molecule has 0 aliphatic carbocycles. The summed E-state index contributed by atoms with van der Waals surface area (Å²) in [5.41, 5.74) is 3.12. The molecule has 0 saturated heterocycles. The summed E-state index contributed by atoms with van der Waals surface area (Å²) in [4.78, 5) is 36.9. The topological polar surface area (TPSA) is 75.3 Å². The lowest BCUT2D eigenvalue weighted by atomic mass is 10.0. The number of anilines is 1. The van der Waals surface area contributed by atoms with Gasteiger partial charge >= 0.3 is 0 Å². The molecule has 2 N–H and O–H groups in total.